The molecule has 0 aromatic heterocycles. The third kappa shape index (κ3) is 4.61. The van der Waals surface area contributed by atoms with Crippen LogP contribution in [0.2, 0.25) is 0 Å². The predicted molar refractivity (Wildman–Crippen MR) is 60.1 cm³/mol. The smallest absolute Gasteiger partial charge is 0.303 e. The van der Waals surface area contributed by atoms with E-state index in [0.717, 1.165) is 13.0 Å². The number of amides is 1. The number of carboxylic acid groups (broad SMARTS) is 1. The number of rotatable bonds is 6. The maximum Gasteiger partial charge on any atom is 0.303 e. The van der Waals surface area contributed by atoms with Crippen LogP contribution in [-0.2, 0) is 9.59 Å². The van der Waals surface area contributed by atoms with Crippen LogP contribution in [0.15, 0.2) is 0 Å². The quantitative estimate of drug-likeness (QED) is 0.692. The molecule has 92 valence electrons. The Bertz CT molecular complexity index is 256. The van der Waals surface area contributed by atoms with Crippen molar-refractivity contribution in [3.63, 3.8) is 0 Å². The van der Waals surface area contributed by atoms with E-state index in [1.807, 2.05) is 0 Å². The monoisotopic (exact) mass is 228 g/mol. The van der Waals surface area contributed by atoms with E-state index in [1.54, 1.807) is 0 Å². The fourth-order valence-corrected chi connectivity index (χ4v) is 2.03. The number of carbonyl (C=O) groups excluding carboxylic acids is 1. The highest BCUT2D eigenvalue weighted by molar-refractivity contribution is 5.80. The maximum atomic E-state index is 11.2. The van der Waals surface area contributed by atoms with E-state index in [4.69, 9.17) is 5.11 Å². The number of carboxylic acids is 1. The first-order valence-electron chi connectivity index (χ1n) is 5.78. The summed E-state index contributed by atoms with van der Waals surface area (Å²) in [5, 5.41) is 11.2. The Kier molecular flexibility index (Phi) is 5.25. The highest BCUT2D eigenvalue weighted by atomic mass is 16.4. The number of likely N-dealkylation sites (tertiary alicyclic amines) is 1. The van der Waals surface area contributed by atoms with Crippen molar-refractivity contribution >= 4 is 11.9 Å². The molecule has 0 saturated carbocycles. The normalized spacial score (nSPS) is 20.9. The van der Waals surface area contributed by atoms with Crippen molar-refractivity contribution in [2.24, 2.45) is 0 Å². The second-order valence-corrected chi connectivity index (χ2v) is 4.31. The highest BCUT2D eigenvalue weighted by Gasteiger charge is 2.20. The van der Waals surface area contributed by atoms with Gasteiger partial charge in [0.15, 0.2) is 0 Å². The van der Waals surface area contributed by atoms with Gasteiger partial charge < -0.3 is 15.3 Å². The predicted octanol–water partition coefficient (Wildman–Crippen LogP) is 0.452. The zero-order valence-corrected chi connectivity index (χ0v) is 9.74. The molecule has 0 aromatic carbocycles. The van der Waals surface area contributed by atoms with Crippen molar-refractivity contribution in [3.05, 3.63) is 0 Å². The van der Waals surface area contributed by atoms with Crippen LogP contribution >= 0.6 is 0 Å². The van der Waals surface area contributed by atoms with Gasteiger partial charge in [0.05, 0.1) is 6.42 Å². The molecular weight excluding hydrogens is 208 g/mol. The van der Waals surface area contributed by atoms with E-state index in [2.05, 4.69) is 17.3 Å². The van der Waals surface area contributed by atoms with Crippen molar-refractivity contribution in [2.45, 2.75) is 38.1 Å². The van der Waals surface area contributed by atoms with Gasteiger partial charge in [-0.05, 0) is 32.9 Å². The number of hydrogen-bond donors (Lipinski definition) is 2. The topological polar surface area (TPSA) is 69.6 Å². The van der Waals surface area contributed by atoms with Crippen LogP contribution in [0.4, 0.5) is 0 Å². The Morgan fingerprint density at radius 3 is 2.75 bits per heavy atom. The highest BCUT2D eigenvalue weighted by Crippen LogP contribution is 2.16. The van der Waals surface area contributed by atoms with Gasteiger partial charge in [0, 0.05) is 19.0 Å². The molecule has 1 aliphatic heterocycles. The fourth-order valence-electron chi connectivity index (χ4n) is 2.03. The molecule has 1 rings (SSSR count). The molecule has 5 heteroatoms. The Morgan fingerprint density at radius 1 is 1.44 bits per heavy atom. The molecule has 0 bridgehead atoms. The van der Waals surface area contributed by atoms with Crippen LogP contribution in [0.3, 0.4) is 0 Å². The van der Waals surface area contributed by atoms with E-state index < -0.39 is 5.97 Å². The number of carbonyl (C=O) groups is 2. The van der Waals surface area contributed by atoms with Crippen LogP contribution in [0.25, 0.3) is 0 Å². The lowest BCUT2D eigenvalue weighted by Crippen LogP contribution is -2.31. The molecule has 1 amide bonds. The molecule has 0 aromatic rings. The Balaban J connectivity index is 2.06. The van der Waals surface area contributed by atoms with E-state index in [1.165, 1.54) is 12.8 Å². The van der Waals surface area contributed by atoms with Crippen molar-refractivity contribution in [3.8, 4) is 0 Å². The van der Waals surface area contributed by atoms with E-state index in [0.29, 0.717) is 12.6 Å². The largest absolute Gasteiger partial charge is 0.481 e. The van der Waals surface area contributed by atoms with Crippen LogP contribution < -0.4 is 5.32 Å². The first-order chi connectivity index (χ1) is 7.59. The van der Waals surface area contributed by atoms with Crippen molar-refractivity contribution in [1.29, 1.82) is 0 Å². The van der Waals surface area contributed by atoms with Gasteiger partial charge in [-0.25, -0.2) is 0 Å². The van der Waals surface area contributed by atoms with Gasteiger partial charge >= 0.3 is 5.97 Å². The third-order valence-electron chi connectivity index (χ3n) is 3.04. The summed E-state index contributed by atoms with van der Waals surface area (Å²) in [5.74, 6) is -1.09. The van der Waals surface area contributed by atoms with Gasteiger partial charge in [0.25, 0.3) is 0 Å². The van der Waals surface area contributed by atoms with Crippen LogP contribution in [-0.4, -0.2) is 48.1 Å². The Labute approximate surface area is 95.8 Å². The van der Waals surface area contributed by atoms with Gasteiger partial charge in [-0.2, -0.15) is 0 Å². The second kappa shape index (κ2) is 6.48. The van der Waals surface area contributed by atoms with Gasteiger partial charge in [-0.3, -0.25) is 9.59 Å². The maximum absolute atomic E-state index is 11.2. The second-order valence-electron chi connectivity index (χ2n) is 4.31. The minimum Gasteiger partial charge on any atom is -0.481 e. The summed E-state index contributed by atoms with van der Waals surface area (Å²) in [4.78, 5) is 23.8. The number of hydrogen-bond acceptors (Lipinski definition) is 3. The molecule has 16 heavy (non-hydrogen) atoms. The first kappa shape index (κ1) is 13.0. The summed E-state index contributed by atoms with van der Waals surface area (Å²) >= 11 is 0. The zero-order chi connectivity index (χ0) is 12.0. The van der Waals surface area contributed by atoms with Gasteiger partial charge in [0.2, 0.25) is 5.91 Å². The molecular formula is C11H20N2O3. The van der Waals surface area contributed by atoms with E-state index >= 15 is 0 Å². The fraction of sp³-hybridized carbons (Fsp3) is 0.818. The Hall–Kier alpha value is -1.10. The minimum absolute atomic E-state index is 0.0792. The van der Waals surface area contributed by atoms with Gasteiger partial charge in [-0.1, -0.05) is 0 Å². The van der Waals surface area contributed by atoms with Crippen molar-refractivity contribution in [2.75, 3.05) is 20.1 Å². The molecule has 1 unspecified atom stereocenters. The molecule has 1 saturated heterocycles. The number of nitrogens with zero attached hydrogens (tertiary/aromatic N) is 1. The Morgan fingerprint density at radius 2 is 2.19 bits per heavy atom. The van der Waals surface area contributed by atoms with Crippen molar-refractivity contribution < 1.29 is 14.7 Å². The summed E-state index contributed by atoms with van der Waals surface area (Å²) in [6, 6.07) is 0.569. The average molecular weight is 228 g/mol. The molecule has 1 atom stereocenters. The molecule has 5 nitrogen and oxygen atoms in total. The minimum atomic E-state index is -0.925. The average Bonchev–Trinajstić information content (AvgIpc) is 2.61. The molecule has 1 fully saturated rings. The zero-order valence-electron chi connectivity index (χ0n) is 9.74. The SMILES string of the molecule is CN1CCCC1CCNC(=O)CCC(=O)O. The lowest BCUT2D eigenvalue weighted by atomic mass is 10.1. The van der Waals surface area contributed by atoms with E-state index in [9.17, 15) is 9.59 Å². The molecule has 1 aliphatic rings. The number of nitrogens with one attached hydrogen (secondary N) is 1. The van der Waals surface area contributed by atoms with Crippen LogP contribution in [0, 0.1) is 0 Å². The summed E-state index contributed by atoms with van der Waals surface area (Å²) in [7, 11) is 2.10. The molecule has 0 spiro atoms. The lowest BCUT2D eigenvalue weighted by molar-refractivity contribution is -0.138. The molecule has 0 radical (unpaired) electrons. The summed E-state index contributed by atoms with van der Waals surface area (Å²) in [5.41, 5.74) is 0. The third-order valence-corrected chi connectivity index (χ3v) is 3.04. The molecule has 1 heterocycles. The summed E-state index contributed by atoms with van der Waals surface area (Å²) in [6.07, 6.45) is 3.37. The standard InChI is InChI=1S/C11H20N2O3/c1-13-8-2-3-9(13)6-7-12-10(14)4-5-11(15)16/h9H,2-8H2,1H3,(H,12,14)(H,15,16). The molecule has 2 N–H and O–H groups in total. The first-order valence-corrected chi connectivity index (χ1v) is 5.78. The lowest BCUT2D eigenvalue weighted by Gasteiger charge is -2.19. The van der Waals surface area contributed by atoms with E-state index in [-0.39, 0.29) is 18.7 Å². The molecule has 0 aliphatic carbocycles. The van der Waals surface area contributed by atoms with Crippen LogP contribution in [0.5, 0.6) is 0 Å². The summed E-state index contributed by atoms with van der Waals surface area (Å²) in [6.45, 7) is 1.78. The van der Waals surface area contributed by atoms with Gasteiger partial charge in [-0.15, -0.1) is 0 Å². The summed E-state index contributed by atoms with van der Waals surface area (Å²) < 4.78 is 0. The number of aliphatic carboxylic acids is 1. The van der Waals surface area contributed by atoms with Crippen LogP contribution in [0.1, 0.15) is 32.1 Å². The van der Waals surface area contributed by atoms with Gasteiger partial charge in [0.1, 0.15) is 0 Å². The van der Waals surface area contributed by atoms with Crippen molar-refractivity contribution in [1.82, 2.24) is 10.2 Å².